The molecule has 0 bridgehead atoms. The second kappa shape index (κ2) is 12.6. The van der Waals surface area contributed by atoms with Crippen LogP contribution in [-0.4, -0.2) is 43.0 Å². The van der Waals surface area contributed by atoms with Gasteiger partial charge in [0.25, 0.3) is 0 Å². The second-order valence-electron chi connectivity index (χ2n) is 8.03. The third kappa shape index (κ3) is 7.86. The van der Waals surface area contributed by atoms with Crippen LogP contribution < -0.4 is 10.6 Å². The van der Waals surface area contributed by atoms with Crippen molar-refractivity contribution in [1.82, 2.24) is 15.5 Å². The highest BCUT2D eigenvalue weighted by molar-refractivity contribution is 5.85. The predicted octanol–water partition coefficient (Wildman–Crippen LogP) is 3.78. The Morgan fingerprint density at radius 3 is 2.50 bits per heavy atom. The van der Waals surface area contributed by atoms with Gasteiger partial charge in [0.2, 0.25) is 5.91 Å². The molecular weight excluding hydrogens is 400 g/mol. The van der Waals surface area contributed by atoms with Crippen molar-refractivity contribution in [2.45, 2.75) is 51.6 Å². The molecule has 1 amide bonds. The Balaban J connectivity index is 0.00000196. The lowest BCUT2D eigenvalue weighted by Gasteiger charge is -2.33. The molecule has 0 spiro atoms. The van der Waals surface area contributed by atoms with Crippen LogP contribution in [0.4, 0.5) is 4.39 Å². The third-order valence-corrected chi connectivity index (χ3v) is 5.92. The molecule has 2 fully saturated rings. The molecular formula is C21H34Cl2FN3O. The highest BCUT2D eigenvalue weighted by Gasteiger charge is 2.24. The Bertz CT molecular complexity index is 574. The summed E-state index contributed by atoms with van der Waals surface area (Å²) in [7, 11) is 0. The molecule has 28 heavy (non-hydrogen) atoms. The van der Waals surface area contributed by atoms with Crippen LogP contribution in [0.5, 0.6) is 0 Å². The number of benzene rings is 1. The van der Waals surface area contributed by atoms with Gasteiger partial charge in [0.15, 0.2) is 0 Å². The standard InChI is InChI=1S/C21H32FN3O.2ClH/c1-16(18-3-2-10-23-14-18)13-21(26)24-20-8-11-25(12-9-20)15-17-4-6-19(22)7-5-17;;/h4-7,16,18,20,23H,2-3,8-15H2,1H3,(H,24,26);2*1H. The smallest absolute Gasteiger partial charge is 0.220 e. The largest absolute Gasteiger partial charge is 0.353 e. The van der Waals surface area contributed by atoms with Crippen LogP contribution in [0, 0.1) is 17.7 Å². The van der Waals surface area contributed by atoms with Crippen LogP contribution in [0.15, 0.2) is 24.3 Å². The number of piperidine rings is 2. The Kier molecular flexibility index (Phi) is 11.4. The first kappa shape index (κ1) is 25.2. The van der Waals surface area contributed by atoms with Crippen molar-refractivity contribution in [1.29, 1.82) is 0 Å². The SMILES string of the molecule is CC(CC(=O)NC1CCN(Cc2ccc(F)cc2)CC1)C1CCCNC1.Cl.Cl. The van der Waals surface area contributed by atoms with Crippen molar-refractivity contribution < 1.29 is 9.18 Å². The zero-order chi connectivity index (χ0) is 18.4. The number of nitrogens with one attached hydrogen (secondary N) is 2. The topological polar surface area (TPSA) is 44.4 Å². The summed E-state index contributed by atoms with van der Waals surface area (Å²) in [6.07, 6.45) is 5.09. The first-order valence-electron chi connectivity index (χ1n) is 10.1. The van der Waals surface area contributed by atoms with Crippen LogP contribution in [0.2, 0.25) is 0 Å². The molecule has 1 aromatic carbocycles. The molecule has 4 nitrogen and oxygen atoms in total. The Labute approximate surface area is 180 Å². The highest BCUT2D eigenvalue weighted by atomic mass is 35.5. The predicted molar refractivity (Wildman–Crippen MR) is 117 cm³/mol. The maximum atomic E-state index is 13.0. The number of carbonyl (C=O) groups is 1. The summed E-state index contributed by atoms with van der Waals surface area (Å²) in [5, 5.41) is 6.69. The van der Waals surface area contributed by atoms with Crippen molar-refractivity contribution in [3.63, 3.8) is 0 Å². The molecule has 2 aliphatic rings. The number of amides is 1. The van der Waals surface area contributed by atoms with Crippen LogP contribution in [0.25, 0.3) is 0 Å². The van der Waals surface area contributed by atoms with Gasteiger partial charge in [-0.1, -0.05) is 19.1 Å². The van der Waals surface area contributed by atoms with E-state index in [-0.39, 0.29) is 36.5 Å². The van der Waals surface area contributed by atoms with Gasteiger partial charge >= 0.3 is 0 Å². The van der Waals surface area contributed by atoms with Crippen molar-refractivity contribution in [3.8, 4) is 0 Å². The average molecular weight is 434 g/mol. The van der Waals surface area contributed by atoms with E-state index in [9.17, 15) is 9.18 Å². The van der Waals surface area contributed by atoms with Crippen molar-refractivity contribution in [2.24, 2.45) is 11.8 Å². The summed E-state index contributed by atoms with van der Waals surface area (Å²) in [5.41, 5.74) is 1.14. The number of likely N-dealkylation sites (tertiary alicyclic amines) is 1. The van der Waals surface area contributed by atoms with Crippen molar-refractivity contribution >= 4 is 30.7 Å². The second-order valence-corrected chi connectivity index (χ2v) is 8.03. The van der Waals surface area contributed by atoms with Gasteiger partial charge in [0.05, 0.1) is 0 Å². The minimum atomic E-state index is -0.187. The molecule has 0 radical (unpaired) electrons. The van der Waals surface area contributed by atoms with Crippen LogP contribution in [0.3, 0.4) is 0 Å². The fraction of sp³-hybridized carbons (Fsp3) is 0.667. The van der Waals surface area contributed by atoms with Crippen LogP contribution in [0.1, 0.15) is 44.6 Å². The molecule has 3 rings (SSSR count). The average Bonchev–Trinajstić information content (AvgIpc) is 2.66. The number of carbonyl (C=O) groups excluding carboxylic acids is 1. The Hall–Kier alpha value is -0.880. The zero-order valence-electron chi connectivity index (χ0n) is 16.7. The van der Waals surface area contributed by atoms with E-state index in [0.29, 0.717) is 24.3 Å². The summed E-state index contributed by atoms with van der Waals surface area (Å²) < 4.78 is 13.0. The maximum Gasteiger partial charge on any atom is 0.220 e. The van der Waals surface area contributed by atoms with Gasteiger partial charge in [-0.25, -0.2) is 4.39 Å². The molecule has 160 valence electrons. The first-order chi connectivity index (χ1) is 12.6. The van der Waals surface area contributed by atoms with E-state index in [1.807, 2.05) is 12.1 Å². The Morgan fingerprint density at radius 2 is 1.89 bits per heavy atom. The molecule has 0 aromatic heterocycles. The van der Waals surface area contributed by atoms with Crippen LogP contribution in [-0.2, 0) is 11.3 Å². The van der Waals surface area contributed by atoms with Gasteiger partial charge in [-0.15, -0.1) is 24.8 Å². The van der Waals surface area contributed by atoms with E-state index < -0.39 is 0 Å². The van der Waals surface area contributed by atoms with Gasteiger partial charge in [-0.3, -0.25) is 9.69 Å². The number of halogens is 3. The highest BCUT2D eigenvalue weighted by Crippen LogP contribution is 2.23. The van der Waals surface area contributed by atoms with Gasteiger partial charge in [0.1, 0.15) is 5.82 Å². The van der Waals surface area contributed by atoms with E-state index in [1.165, 1.54) is 25.0 Å². The normalized spacial score (nSPS) is 21.9. The number of nitrogens with zero attached hydrogens (tertiary/aromatic N) is 1. The molecule has 0 saturated carbocycles. The van der Waals surface area contributed by atoms with Gasteiger partial charge in [-0.05, 0) is 68.3 Å². The van der Waals surface area contributed by atoms with Crippen molar-refractivity contribution in [3.05, 3.63) is 35.6 Å². The molecule has 2 aliphatic heterocycles. The summed E-state index contributed by atoms with van der Waals surface area (Å²) in [4.78, 5) is 14.8. The van der Waals surface area contributed by atoms with Crippen LogP contribution >= 0.6 is 24.8 Å². The molecule has 0 aliphatic carbocycles. The summed E-state index contributed by atoms with van der Waals surface area (Å²) in [6.45, 7) is 7.19. The monoisotopic (exact) mass is 433 g/mol. The molecule has 2 heterocycles. The van der Waals surface area contributed by atoms with E-state index >= 15 is 0 Å². The number of hydrogen-bond donors (Lipinski definition) is 2. The lowest BCUT2D eigenvalue weighted by atomic mass is 9.85. The summed E-state index contributed by atoms with van der Waals surface area (Å²) in [6, 6.07) is 7.04. The fourth-order valence-electron chi connectivity index (χ4n) is 4.19. The van der Waals surface area contributed by atoms with Gasteiger partial charge < -0.3 is 10.6 Å². The first-order valence-corrected chi connectivity index (χ1v) is 10.1. The molecule has 2 saturated heterocycles. The Morgan fingerprint density at radius 1 is 1.21 bits per heavy atom. The lowest BCUT2D eigenvalue weighted by Crippen LogP contribution is -2.45. The summed E-state index contributed by atoms with van der Waals surface area (Å²) in [5.74, 6) is 1.10. The maximum absolute atomic E-state index is 13.0. The van der Waals surface area contributed by atoms with E-state index in [0.717, 1.165) is 51.1 Å². The lowest BCUT2D eigenvalue weighted by molar-refractivity contribution is -0.123. The zero-order valence-corrected chi connectivity index (χ0v) is 18.3. The molecule has 2 N–H and O–H groups in total. The van der Waals surface area contributed by atoms with Gasteiger partial charge in [0, 0.05) is 32.1 Å². The molecule has 1 aromatic rings. The van der Waals surface area contributed by atoms with Crippen molar-refractivity contribution in [2.75, 3.05) is 26.2 Å². The number of hydrogen-bond acceptors (Lipinski definition) is 3. The van der Waals surface area contributed by atoms with Gasteiger partial charge in [-0.2, -0.15) is 0 Å². The molecule has 7 heteroatoms. The quantitative estimate of drug-likeness (QED) is 0.717. The number of rotatable bonds is 6. The van der Waals surface area contributed by atoms with E-state index in [1.54, 1.807) is 0 Å². The van der Waals surface area contributed by atoms with E-state index in [4.69, 9.17) is 0 Å². The summed E-state index contributed by atoms with van der Waals surface area (Å²) >= 11 is 0. The third-order valence-electron chi connectivity index (χ3n) is 5.92. The minimum absolute atomic E-state index is 0. The fourth-order valence-corrected chi connectivity index (χ4v) is 4.19. The minimum Gasteiger partial charge on any atom is -0.353 e. The molecule has 2 atom stereocenters. The van der Waals surface area contributed by atoms with E-state index in [2.05, 4.69) is 22.5 Å². The molecule has 2 unspecified atom stereocenters.